The second kappa shape index (κ2) is 11.4. The fraction of sp³-hybridized carbons (Fsp3) is 0.667. The number of hydrogen-bond donors (Lipinski definition) is 2. The number of carboxylic acid groups (broad SMARTS) is 2. The fourth-order valence-electron chi connectivity index (χ4n) is 0.552. The molecule has 4 nitrogen and oxygen atoms in total. The quantitative estimate of drug-likeness (QED) is 0.558. The van der Waals surface area contributed by atoms with Crippen LogP contribution in [0, 0.1) is 0 Å². The van der Waals surface area contributed by atoms with Crippen LogP contribution in [-0.2, 0) is 54.3 Å². The van der Waals surface area contributed by atoms with Crippen molar-refractivity contribution in [2.45, 2.75) is 25.7 Å². The zero-order chi connectivity index (χ0) is 7.98. The summed E-state index contributed by atoms with van der Waals surface area (Å²) < 4.78 is 0. The van der Waals surface area contributed by atoms with Gasteiger partial charge in [-0.3, -0.25) is 9.59 Å². The Kier molecular flexibility index (Phi) is 17.4. The van der Waals surface area contributed by atoms with E-state index < -0.39 is 11.9 Å². The van der Waals surface area contributed by atoms with Gasteiger partial charge in [-0.2, -0.15) is 0 Å². The van der Waals surface area contributed by atoms with Crippen molar-refractivity contribution >= 4 is 11.9 Å². The summed E-state index contributed by atoms with van der Waals surface area (Å²) in [5.74, 6) is -1.74. The van der Waals surface area contributed by atoms with Crippen molar-refractivity contribution < 1.29 is 64.6 Å². The van der Waals surface area contributed by atoms with Gasteiger partial charge in [-0.25, -0.2) is 0 Å². The smallest absolute Gasteiger partial charge is 0.303 e. The Bertz CT molecular complexity index is 122. The summed E-state index contributed by atoms with van der Waals surface area (Å²) >= 11 is 0. The second-order valence-corrected chi connectivity index (χ2v) is 1.99. The Balaban J connectivity index is -0.000000405. The van der Waals surface area contributed by atoms with Crippen LogP contribution < -0.4 is 0 Å². The molecule has 0 heterocycles. The van der Waals surface area contributed by atoms with E-state index in [1.165, 1.54) is 0 Å². The van der Waals surface area contributed by atoms with Crippen LogP contribution in [0.3, 0.4) is 0 Å². The van der Waals surface area contributed by atoms with Crippen LogP contribution in [0.5, 0.6) is 0 Å². The summed E-state index contributed by atoms with van der Waals surface area (Å²) in [7, 11) is 0. The van der Waals surface area contributed by atoms with Crippen LogP contribution in [0.1, 0.15) is 25.7 Å². The molecule has 0 amide bonds. The third-order valence-electron chi connectivity index (χ3n) is 1.03. The standard InChI is InChI=1S/C6H10O4.2Ag/c7-5(8)3-1-2-4-6(9)10;;/h1-4H2,(H,7,8)(H,9,10);;. The van der Waals surface area contributed by atoms with Gasteiger partial charge in [0.25, 0.3) is 0 Å². The molecule has 0 spiro atoms. The largest absolute Gasteiger partial charge is 0.481 e. The first-order valence-electron chi connectivity index (χ1n) is 3.06. The predicted molar refractivity (Wildman–Crippen MR) is 33.7 cm³/mol. The van der Waals surface area contributed by atoms with E-state index in [9.17, 15) is 9.59 Å². The van der Waals surface area contributed by atoms with Crippen molar-refractivity contribution in [1.29, 1.82) is 0 Å². The van der Waals surface area contributed by atoms with Crippen molar-refractivity contribution in [2.75, 3.05) is 0 Å². The van der Waals surface area contributed by atoms with Gasteiger partial charge in [0.1, 0.15) is 0 Å². The van der Waals surface area contributed by atoms with Crippen molar-refractivity contribution in [2.24, 2.45) is 0 Å². The van der Waals surface area contributed by atoms with Gasteiger partial charge in [0.05, 0.1) is 0 Å². The number of hydrogen-bond acceptors (Lipinski definition) is 2. The molecule has 0 aromatic carbocycles. The molecule has 0 saturated carbocycles. The molecule has 0 fully saturated rings. The summed E-state index contributed by atoms with van der Waals surface area (Å²) in [5, 5.41) is 16.3. The van der Waals surface area contributed by atoms with E-state index in [0.717, 1.165) is 0 Å². The molecule has 0 bridgehead atoms. The zero-order valence-corrected chi connectivity index (χ0v) is 9.11. The van der Waals surface area contributed by atoms with Crippen molar-refractivity contribution in [3.05, 3.63) is 0 Å². The third kappa shape index (κ3) is 16.8. The topological polar surface area (TPSA) is 74.6 Å². The molecule has 0 atom stereocenters. The number of unbranched alkanes of at least 4 members (excludes halogenated alkanes) is 1. The molecule has 0 unspecified atom stereocenters. The molecule has 0 rings (SSSR count). The molecule has 2 radical (unpaired) electrons. The molecule has 6 heteroatoms. The zero-order valence-electron chi connectivity index (χ0n) is 6.14. The summed E-state index contributed by atoms with van der Waals surface area (Å²) in [4.78, 5) is 19.8. The Morgan fingerprint density at radius 1 is 0.833 bits per heavy atom. The van der Waals surface area contributed by atoms with Gasteiger partial charge in [0.15, 0.2) is 0 Å². The molecule has 0 saturated heterocycles. The number of aliphatic carboxylic acids is 2. The third-order valence-corrected chi connectivity index (χ3v) is 1.03. The van der Waals surface area contributed by atoms with Gasteiger partial charge in [0, 0.05) is 57.6 Å². The van der Waals surface area contributed by atoms with E-state index in [2.05, 4.69) is 0 Å². The Hall–Kier alpha value is 0.421. The maximum absolute atomic E-state index is 9.90. The minimum absolute atomic E-state index is 0. The Labute approximate surface area is 102 Å². The molecule has 0 aliphatic carbocycles. The predicted octanol–water partition coefficient (Wildman–Crippen LogP) is 0.711. The maximum atomic E-state index is 9.90. The normalized spacial score (nSPS) is 7.67. The number of carboxylic acids is 2. The minimum Gasteiger partial charge on any atom is -0.481 e. The first kappa shape index (κ1) is 18.3. The van der Waals surface area contributed by atoms with Crippen molar-refractivity contribution in [1.82, 2.24) is 0 Å². The maximum Gasteiger partial charge on any atom is 0.303 e. The first-order valence-corrected chi connectivity index (χ1v) is 3.06. The second-order valence-electron chi connectivity index (χ2n) is 1.99. The van der Waals surface area contributed by atoms with Crippen LogP contribution in [0.4, 0.5) is 0 Å². The van der Waals surface area contributed by atoms with E-state index >= 15 is 0 Å². The molecule has 0 aliphatic rings. The monoisotopic (exact) mass is 360 g/mol. The Morgan fingerprint density at radius 3 is 1.25 bits per heavy atom. The van der Waals surface area contributed by atoms with Gasteiger partial charge in [0.2, 0.25) is 0 Å². The SMILES string of the molecule is O=C(O)CCCCC(=O)O.[Ag].[Ag]. The summed E-state index contributed by atoms with van der Waals surface area (Å²) in [6, 6.07) is 0. The molecule has 80 valence electrons. The van der Waals surface area contributed by atoms with Gasteiger partial charge >= 0.3 is 11.9 Å². The van der Waals surface area contributed by atoms with Crippen LogP contribution in [0.2, 0.25) is 0 Å². The summed E-state index contributed by atoms with van der Waals surface area (Å²) in [6.45, 7) is 0. The molecular formula is C6H10Ag2O4. The number of rotatable bonds is 5. The summed E-state index contributed by atoms with van der Waals surface area (Å²) in [6.07, 6.45) is 1.02. The van der Waals surface area contributed by atoms with Crippen molar-refractivity contribution in [3.63, 3.8) is 0 Å². The van der Waals surface area contributed by atoms with E-state index in [0.29, 0.717) is 12.8 Å². The van der Waals surface area contributed by atoms with E-state index in [4.69, 9.17) is 10.2 Å². The Morgan fingerprint density at radius 2 is 1.08 bits per heavy atom. The molecule has 12 heavy (non-hydrogen) atoms. The van der Waals surface area contributed by atoms with Gasteiger partial charge in [-0.1, -0.05) is 0 Å². The van der Waals surface area contributed by atoms with Crippen LogP contribution in [0.25, 0.3) is 0 Å². The van der Waals surface area contributed by atoms with Gasteiger partial charge < -0.3 is 10.2 Å². The average Bonchev–Trinajstić information content (AvgIpc) is 1.79. The van der Waals surface area contributed by atoms with E-state index in [-0.39, 0.29) is 57.6 Å². The first-order chi connectivity index (χ1) is 4.63. The minimum atomic E-state index is -0.870. The van der Waals surface area contributed by atoms with Gasteiger partial charge in [-0.15, -0.1) is 0 Å². The van der Waals surface area contributed by atoms with Crippen molar-refractivity contribution in [3.8, 4) is 0 Å². The number of carbonyl (C=O) groups is 2. The van der Waals surface area contributed by atoms with Crippen LogP contribution >= 0.6 is 0 Å². The van der Waals surface area contributed by atoms with E-state index in [1.54, 1.807) is 0 Å². The molecule has 0 aliphatic heterocycles. The molecular weight excluding hydrogens is 352 g/mol. The van der Waals surface area contributed by atoms with Crippen LogP contribution in [0.15, 0.2) is 0 Å². The molecule has 0 aromatic rings. The fourth-order valence-corrected chi connectivity index (χ4v) is 0.552. The van der Waals surface area contributed by atoms with E-state index in [1.807, 2.05) is 0 Å². The van der Waals surface area contributed by atoms with Crippen LogP contribution in [-0.4, -0.2) is 22.2 Å². The summed E-state index contributed by atoms with van der Waals surface area (Å²) in [5.41, 5.74) is 0. The molecule has 2 N–H and O–H groups in total. The molecule has 0 aromatic heterocycles. The average molecular weight is 362 g/mol. The van der Waals surface area contributed by atoms with Gasteiger partial charge in [-0.05, 0) is 12.8 Å².